The van der Waals surface area contributed by atoms with Crippen molar-refractivity contribution in [1.29, 1.82) is 0 Å². The third-order valence-electron chi connectivity index (χ3n) is 7.26. The predicted molar refractivity (Wildman–Crippen MR) is 146 cm³/mol. The van der Waals surface area contributed by atoms with Crippen LogP contribution in [0.4, 0.5) is 27.8 Å². The number of alkyl halides is 1. The fraction of sp³-hybridized carbons (Fsp3) is 0.538. The molecule has 2 aliphatic rings. The number of hydrogen-bond donors (Lipinski definition) is 2. The van der Waals surface area contributed by atoms with Gasteiger partial charge < -0.3 is 20.2 Å². The van der Waals surface area contributed by atoms with Crippen LogP contribution in [0.3, 0.4) is 0 Å². The molecule has 38 heavy (non-hydrogen) atoms. The predicted octanol–water partition coefficient (Wildman–Crippen LogP) is 3.41. The molecular weight excluding hydrogens is 509 g/mol. The summed E-state index contributed by atoms with van der Waals surface area (Å²) >= 11 is 0. The van der Waals surface area contributed by atoms with Crippen molar-refractivity contribution in [3.8, 4) is 0 Å². The van der Waals surface area contributed by atoms with Crippen molar-refractivity contribution in [2.75, 3.05) is 46.4 Å². The van der Waals surface area contributed by atoms with E-state index in [1.807, 2.05) is 31.0 Å². The second kappa shape index (κ2) is 9.88. The molecule has 12 heteroatoms. The average molecular weight is 544 g/mol. The second-order valence-electron chi connectivity index (χ2n) is 11.2. The van der Waals surface area contributed by atoms with E-state index in [2.05, 4.69) is 39.1 Å². The molecule has 5 heterocycles. The number of piperidine rings is 1. The van der Waals surface area contributed by atoms with Gasteiger partial charge in [0.1, 0.15) is 29.5 Å². The normalized spacial score (nSPS) is 23.1. The molecular formula is C26H34FN7O3S. The third kappa shape index (κ3) is 5.24. The molecule has 204 valence electrons. The van der Waals surface area contributed by atoms with E-state index in [1.165, 1.54) is 0 Å². The zero-order valence-electron chi connectivity index (χ0n) is 22.1. The van der Waals surface area contributed by atoms with Crippen LogP contribution in [0.2, 0.25) is 0 Å². The number of nitrogens with zero attached hydrogens (tertiary/aromatic N) is 6. The number of sulfone groups is 1. The van der Waals surface area contributed by atoms with Gasteiger partial charge in [0.2, 0.25) is 5.95 Å². The van der Waals surface area contributed by atoms with Crippen molar-refractivity contribution in [3.63, 3.8) is 0 Å². The van der Waals surface area contributed by atoms with Crippen molar-refractivity contribution < 1.29 is 17.9 Å². The molecule has 2 N–H and O–H groups in total. The number of aliphatic hydroxyl groups excluding tert-OH is 1. The number of pyridine rings is 2. The maximum absolute atomic E-state index is 14.5. The van der Waals surface area contributed by atoms with Crippen LogP contribution in [0.15, 0.2) is 30.7 Å². The first kappa shape index (κ1) is 26.5. The van der Waals surface area contributed by atoms with Crippen LogP contribution in [0.1, 0.15) is 45.6 Å². The smallest absolute Gasteiger partial charge is 0.227 e. The quantitative estimate of drug-likeness (QED) is 0.495. The highest BCUT2D eigenvalue weighted by molar-refractivity contribution is 7.91. The molecule has 2 fully saturated rings. The van der Waals surface area contributed by atoms with E-state index in [1.54, 1.807) is 23.4 Å². The van der Waals surface area contributed by atoms with Gasteiger partial charge in [-0.3, -0.25) is 0 Å². The Morgan fingerprint density at radius 3 is 2.63 bits per heavy atom. The second-order valence-corrected chi connectivity index (χ2v) is 13.4. The molecule has 0 radical (unpaired) electrons. The largest absolute Gasteiger partial charge is 0.389 e. The Morgan fingerprint density at radius 2 is 1.92 bits per heavy atom. The molecule has 2 saturated heterocycles. The molecule has 0 saturated carbocycles. The molecule has 10 nitrogen and oxygen atoms in total. The zero-order valence-corrected chi connectivity index (χ0v) is 22.9. The molecule has 3 aromatic heterocycles. The maximum atomic E-state index is 14.5. The van der Waals surface area contributed by atoms with Crippen molar-refractivity contribution in [2.45, 2.75) is 52.3 Å². The first-order valence-electron chi connectivity index (χ1n) is 12.8. The Hall–Kier alpha value is -3.12. The van der Waals surface area contributed by atoms with E-state index in [0.29, 0.717) is 42.9 Å². The van der Waals surface area contributed by atoms with Crippen molar-refractivity contribution in [3.05, 3.63) is 36.3 Å². The van der Waals surface area contributed by atoms with Gasteiger partial charge in [-0.05, 0) is 35.4 Å². The minimum Gasteiger partial charge on any atom is -0.389 e. The van der Waals surface area contributed by atoms with Gasteiger partial charge in [0, 0.05) is 42.5 Å². The summed E-state index contributed by atoms with van der Waals surface area (Å²) in [5.74, 6) is 2.39. The van der Waals surface area contributed by atoms with Crippen LogP contribution in [0, 0.1) is 5.41 Å². The molecule has 2 atom stereocenters. The Bertz CT molecular complexity index is 1450. The molecule has 5 rings (SSSR count). The molecule has 0 spiro atoms. The number of hydrogen-bond acceptors (Lipinski definition) is 10. The molecule has 0 aromatic carbocycles. The van der Waals surface area contributed by atoms with Crippen LogP contribution in [0.5, 0.6) is 0 Å². The lowest BCUT2D eigenvalue weighted by atomic mass is 9.80. The van der Waals surface area contributed by atoms with Gasteiger partial charge in [-0.2, -0.15) is 4.98 Å². The molecule has 3 aromatic rings. The van der Waals surface area contributed by atoms with Gasteiger partial charge in [-0.15, -0.1) is 0 Å². The van der Waals surface area contributed by atoms with Gasteiger partial charge in [0.25, 0.3) is 0 Å². The lowest BCUT2D eigenvalue weighted by Gasteiger charge is -2.43. The number of rotatable bonds is 5. The van der Waals surface area contributed by atoms with Crippen LogP contribution in [0.25, 0.3) is 10.8 Å². The summed E-state index contributed by atoms with van der Waals surface area (Å²) in [5.41, 5.74) is 0.386. The number of halogens is 1. The van der Waals surface area contributed by atoms with Gasteiger partial charge >= 0.3 is 0 Å². The summed E-state index contributed by atoms with van der Waals surface area (Å²) in [6.07, 6.45) is 3.27. The lowest BCUT2D eigenvalue weighted by Crippen LogP contribution is -2.55. The van der Waals surface area contributed by atoms with E-state index < -0.39 is 27.5 Å². The molecule has 2 aliphatic heterocycles. The van der Waals surface area contributed by atoms with Crippen LogP contribution in [-0.2, 0) is 9.84 Å². The number of aliphatic hydroxyl groups is 1. The first-order chi connectivity index (χ1) is 17.9. The SMILES string of the molecule is CC(C)c1cnc(N2CCCS(=O)(=O)C2)c2cnc(Nc3ccnc(N4C[C@H](F)[C@H](O)C(C)(C)C4)n3)cc12. The lowest BCUT2D eigenvalue weighted by molar-refractivity contribution is -0.0257. The van der Waals surface area contributed by atoms with Crippen molar-refractivity contribution in [2.24, 2.45) is 5.41 Å². The highest BCUT2D eigenvalue weighted by atomic mass is 32.2. The molecule has 0 unspecified atom stereocenters. The number of fused-ring (bicyclic) bond motifs is 1. The van der Waals surface area contributed by atoms with E-state index in [-0.39, 0.29) is 24.1 Å². The zero-order chi connectivity index (χ0) is 27.2. The Balaban J connectivity index is 1.46. The van der Waals surface area contributed by atoms with Crippen LogP contribution >= 0.6 is 0 Å². The molecule has 0 bridgehead atoms. The number of anilines is 4. The van der Waals surface area contributed by atoms with Gasteiger partial charge in [0.15, 0.2) is 9.84 Å². The topological polar surface area (TPSA) is 124 Å². The summed E-state index contributed by atoms with van der Waals surface area (Å²) in [7, 11) is -3.15. The van der Waals surface area contributed by atoms with Crippen LogP contribution < -0.4 is 15.1 Å². The van der Waals surface area contributed by atoms with Gasteiger partial charge in [0.05, 0.1) is 18.4 Å². The monoisotopic (exact) mass is 543 g/mol. The standard InChI is InChI=1S/C26H34FN7O3S/c1-16(2)18-11-30-24(33-8-5-9-38(36,37)15-33)19-12-29-22(10-17(18)19)31-21-6-7-28-25(32-21)34-13-20(27)23(35)26(3,4)14-34/h6-7,10-12,16,20,23,35H,5,8-9,13-15H2,1-4H3,(H,28,29,31,32)/t20-,23-/m0/s1. The third-order valence-corrected chi connectivity index (χ3v) is 8.87. The molecule has 0 aliphatic carbocycles. The number of nitrogens with one attached hydrogen (secondary N) is 1. The highest BCUT2D eigenvalue weighted by Crippen LogP contribution is 2.35. The van der Waals surface area contributed by atoms with E-state index in [9.17, 15) is 17.9 Å². The van der Waals surface area contributed by atoms with Gasteiger partial charge in [-0.1, -0.05) is 27.7 Å². The van der Waals surface area contributed by atoms with E-state index in [0.717, 1.165) is 16.3 Å². The first-order valence-corrected chi connectivity index (χ1v) is 14.7. The fourth-order valence-electron chi connectivity index (χ4n) is 5.24. The summed E-state index contributed by atoms with van der Waals surface area (Å²) in [6, 6.07) is 3.64. The Labute approximate surface area is 222 Å². The van der Waals surface area contributed by atoms with Crippen LogP contribution in [-0.4, -0.2) is 77.0 Å². The summed E-state index contributed by atoms with van der Waals surface area (Å²) in [5, 5.41) is 15.2. The van der Waals surface area contributed by atoms with Crippen molar-refractivity contribution >= 4 is 44.0 Å². The highest BCUT2D eigenvalue weighted by Gasteiger charge is 2.42. The van der Waals surface area contributed by atoms with E-state index >= 15 is 0 Å². The Kier molecular flexibility index (Phi) is 6.89. The minimum atomic E-state index is -3.15. The maximum Gasteiger partial charge on any atom is 0.227 e. The Morgan fingerprint density at radius 1 is 1.13 bits per heavy atom. The summed E-state index contributed by atoms with van der Waals surface area (Å²) in [6.45, 7) is 8.88. The minimum absolute atomic E-state index is 0.0159. The number of aromatic nitrogens is 4. The van der Waals surface area contributed by atoms with Gasteiger partial charge in [-0.25, -0.2) is 27.8 Å². The average Bonchev–Trinajstić information content (AvgIpc) is 2.85. The van der Waals surface area contributed by atoms with E-state index in [4.69, 9.17) is 0 Å². The summed E-state index contributed by atoms with van der Waals surface area (Å²) < 4.78 is 39.0. The summed E-state index contributed by atoms with van der Waals surface area (Å²) in [4.78, 5) is 21.7. The molecule has 0 amide bonds. The fourth-order valence-corrected chi connectivity index (χ4v) is 6.66. The van der Waals surface area contributed by atoms with Crippen molar-refractivity contribution in [1.82, 2.24) is 19.9 Å².